The van der Waals surface area contributed by atoms with Crippen LogP contribution in [0.1, 0.15) is 35.8 Å². The minimum Gasteiger partial charge on any atom is -0.493 e. The van der Waals surface area contributed by atoms with Crippen molar-refractivity contribution < 1.29 is 23.8 Å². The zero-order chi connectivity index (χ0) is 22.8. The van der Waals surface area contributed by atoms with E-state index in [1.54, 1.807) is 63.4 Å². The van der Waals surface area contributed by atoms with Crippen LogP contribution in [0.4, 0.5) is 5.69 Å². The van der Waals surface area contributed by atoms with Crippen LogP contribution < -0.4 is 20.1 Å². The lowest BCUT2D eigenvalue weighted by atomic mass is 10.1. The van der Waals surface area contributed by atoms with Crippen LogP contribution in [-0.4, -0.2) is 32.7 Å². The molecule has 1 amide bonds. The third-order valence-electron chi connectivity index (χ3n) is 4.41. The van der Waals surface area contributed by atoms with E-state index in [1.807, 2.05) is 6.07 Å². The molecule has 0 aliphatic rings. The molecule has 2 aromatic carbocycles. The predicted molar refractivity (Wildman–Crippen MR) is 116 cm³/mol. The van der Waals surface area contributed by atoms with Gasteiger partial charge in [0.1, 0.15) is 11.6 Å². The number of esters is 1. The van der Waals surface area contributed by atoms with Crippen LogP contribution in [0.5, 0.6) is 11.5 Å². The minimum absolute atomic E-state index is 0.147. The molecular formula is C23H25N3O5. The van der Waals surface area contributed by atoms with Crippen molar-refractivity contribution in [3.8, 4) is 17.6 Å². The van der Waals surface area contributed by atoms with Crippen molar-refractivity contribution in [2.24, 2.45) is 0 Å². The molecule has 0 saturated carbocycles. The van der Waals surface area contributed by atoms with Crippen molar-refractivity contribution in [1.82, 2.24) is 5.32 Å². The Morgan fingerprint density at radius 3 is 2.48 bits per heavy atom. The van der Waals surface area contributed by atoms with Crippen LogP contribution in [0.3, 0.4) is 0 Å². The summed E-state index contributed by atoms with van der Waals surface area (Å²) >= 11 is 0. The first kappa shape index (κ1) is 23.3. The molecule has 162 valence electrons. The van der Waals surface area contributed by atoms with Gasteiger partial charge in [-0.1, -0.05) is 18.2 Å². The SMILES string of the molecule is CCOC(=O)c1ccccc1N/C=C(/C#N)C(=O)NC(C)c1ccc(OC)c(OC)c1. The van der Waals surface area contributed by atoms with Gasteiger partial charge in [0.25, 0.3) is 5.91 Å². The molecule has 1 unspecified atom stereocenters. The van der Waals surface area contributed by atoms with E-state index in [0.29, 0.717) is 22.7 Å². The summed E-state index contributed by atoms with van der Waals surface area (Å²) in [5.74, 6) is 0.0520. The van der Waals surface area contributed by atoms with Crippen molar-refractivity contribution >= 4 is 17.6 Å². The van der Waals surface area contributed by atoms with Gasteiger partial charge in [-0.05, 0) is 43.7 Å². The zero-order valence-corrected chi connectivity index (χ0v) is 17.9. The van der Waals surface area contributed by atoms with Gasteiger partial charge in [-0.15, -0.1) is 0 Å². The molecule has 2 N–H and O–H groups in total. The van der Waals surface area contributed by atoms with Gasteiger partial charge in [-0.2, -0.15) is 5.26 Å². The number of amides is 1. The second kappa shape index (κ2) is 11.3. The fourth-order valence-electron chi connectivity index (χ4n) is 2.77. The maximum atomic E-state index is 12.6. The standard InChI is InChI=1S/C23H25N3O5/c1-5-31-23(28)18-8-6-7-9-19(18)25-14-17(13-24)22(27)26-15(2)16-10-11-20(29-3)21(12-16)30-4/h6-12,14-15,25H,5H2,1-4H3,(H,26,27)/b17-14-. The molecule has 0 saturated heterocycles. The highest BCUT2D eigenvalue weighted by molar-refractivity contribution is 5.99. The van der Waals surface area contributed by atoms with E-state index in [2.05, 4.69) is 10.6 Å². The number of anilines is 1. The first-order valence-corrected chi connectivity index (χ1v) is 9.60. The van der Waals surface area contributed by atoms with E-state index in [9.17, 15) is 14.9 Å². The van der Waals surface area contributed by atoms with Gasteiger partial charge in [0.15, 0.2) is 11.5 Å². The molecule has 31 heavy (non-hydrogen) atoms. The fourth-order valence-corrected chi connectivity index (χ4v) is 2.77. The molecule has 1 atom stereocenters. The summed E-state index contributed by atoms with van der Waals surface area (Å²) in [5.41, 5.74) is 1.36. The third kappa shape index (κ3) is 6.00. The number of nitrogens with one attached hydrogen (secondary N) is 2. The molecule has 2 rings (SSSR count). The predicted octanol–water partition coefficient (Wildman–Crippen LogP) is 3.58. The Labute approximate surface area is 181 Å². The first-order chi connectivity index (χ1) is 14.9. The lowest BCUT2D eigenvalue weighted by Gasteiger charge is -2.16. The Kier molecular flexibility index (Phi) is 8.46. The molecule has 8 heteroatoms. The third-order valence-corrected chi connectivity index (χ3v) is 4.41. The number of hydrogen-bond donors (Lipinski definition) is 2. The quantitative estimate of drug-likeness (QED) is 0.360. The molecule has 0 aliphatic carbocycles. The lowest BCUT2D eigenvalue weighted by molar-refractivity contribution is -0.117. The topological polar surface area (TPSA) is 110 Å². The molecule has 0 bridgehead atoms. The Hall–Kier alpha value is -3.99. The van der Waals surface area contributed by atoms with Gasteiger partial charge in [-0.25, -0.2) is 4.79 Å². The number of hydrogen-bond acceptors (Lipinski definition) is 7. The van der Waals surface area contributed by atoms with Crippen LogP contribution in [-0.2, 0) is 9.53 Å². The monoisotopic (exact) mass is 423 g/mol. The number of nitriles is 1. The largest absolute Gasteiger partial charge is 0.493 e. The minimum atomic E-state index is -0.564. The van der Waals surface area contributed by atoms with Gasteiger partial charge in [0.05, 0.1) is 38.1 Å². The number of nitrogens with zero attached hydrogens (tertiary/aromatic N) is 1. The van der Waals surface area contributed by atoms with Gasteiger partial charge < -0.3 is 24.8 Å². The van der Waals surface area contributed by atoms with Gasteiger partial charge in [-0.3, -0.25) is 4.79 Å². The van der Waals surface area contributed by atoms with E-state index in [0.717, 1.165) is 5.56 Å². The van der Waals surface area contributed by atoms with Gasteiger partial charge >= 0.3 is 5.97 Å². The van der Waals surface area contributed by atoms with Crippen LogP contribution in [0.2, 0.25) is 0 Å². The van der Waals surface area contributed by atoms with E-state index < -0.39 is 17.9 Å². The first-order valence-electron chi connectivity index (χ1n) is 9.60. The average molecular weight is 423 g/mol. The summed E-state index contributed by atoms with van der Waals surface area (Å²) in [6, 6.07) is 13.5. The second-order valence-electron chi connectivity index (χ2n) is 6.39. The number of para-hydroxylation sites is 1. The van der Waals surface area contributed by atoms with E-state index in [1.165, 1.54) is 13.3 Å². The molecule has 0 aromatic heterocycles. The zero-order valence-electron chi connectivity index (χ0n) is 17.9. The summed E-state index contributed by atoms with van der Waals surface area (Å²) < 4.78 is 15.5. The van der Waals surface area contributed by atoms with Crippen molar-refractivity contribution in [1.29, 1.82) is 5.26 Å². The van der Waals surface area contributed by atoms with E-state index in [-0.39, 0.29) is 12.2 Å². The highest BCUT2D eigenvalue weighted by Gasteiger charge is 2.16. The van der Waals surface area contributed by atoms with E-state index in [4.69, 9.17) is 14.2 Å². The smallest absolute Gasteiger partial charge is 0.340 e. The number of benzene rings is 2. The van der Waals surface area contributed by atoms with Crippen molar-refractivity contribution in [2.75, 3.05) is 26.1 Å². The lowest BCUT2D eigenvalue weighted by Crippen LogP contribution is -2.28. The van der Waals surface area contributed by atoms with E-state index >= 15 is 0 Å². The number of carbonyl (C=O) groups excluding carboxylic acids is 2. The number of methoxy groups -OCH3 is 2. The highest BCUT2D eigenvalue weighted by Crippen LogP contribution is 2.30. The summed E-state index contributed by atoms with van der Waals surface area (Å²) in [6.07, 6.45) is 1.26. The van der Waals surface area contributed by atoms with Gasteiger partial charge in [0.2, 0.25) is 0 Å². The molecule has 0 aliphatic heterocycles. The summed E-state index contributed by atoms with van der Waals surface area (Å²) in [5, 5.41) is 15.0. The Morgan fingerprint density at radius 1 is 1.13 bits per heavy atom. The summed E-state index contributed by atoms with van der Waals surface area (Å²) in [6.45, 7) is 3.74. The summed E-state index contributed by atoms with van der Waals surface area (Å²) in [4.78, 5) is 24.7. The highest BCUT2D eigenvalue weighted by atomic mass is 16.5. The van der Waals surface area contributed by atoms with Crippen LogP contribution in [0.25, 0.3) is 0 Å². The number of rotatable bonds is 9. The van der Waals surface area contributed by atoms with Crippen molar-refractivity contribution in [3.05, 3.63) is 65.4 Å². The molecule has 8 nitrogen and oxygen atoms in total. The Balaban J connectivity index is 2.15. The normalized spacial score (nSPS) is 11.6. The van der Waals surface area contributed by atoms with Gasteiger partial charge in [0, 0.05) is 6.20 Å². The molecule has 0 fully saturated rings. The maximum Gasteiger partial charge on any atom is 0.340 e. The summed E-state index contributed by atoms with van der Waals surface area (Å²) in [7, 11) is 3.07. The molecule has 2 aromatic rings. The van der Waals surface area contributed by atoms with Crippen LogP contribution >= 0.6 is 0 Å². The number of carbonyl (C=O) groups is 2. The van der Waals surface area contributed by atoms with Crippen LogP contribution in [0, 0.1) is 11.3 Å². The second-order valence-corrected chi connectivity index (χ2v) is 6.39. The average Bonchev–Trinajstić information content (AvgIpc) is 2.79. The Bertz CT molecular complexity index is 1010. The fraction of sp³-hybridized carbons (Fsp3) is 0.261. The maximum absolute atomic E-state index is 12.6. The van der Waals surface area contributed by atoms with Crippen molar-refractivity contribution in [3.63, 3.8) is 0 Å². The molecule has 0 radical (unpaired) electrons. The van der Waals surface area contributed by atoms with Crippen molar-refractivity contribution in [2.45, 2.75) is 19.9 Å². The number of ether oxygens (including phenoxy) is 3. The molecule has 0 heterocycles. The van der Waals surface area contributed by atoms with Crippen LogP contribution in [0.15, 0.2) is 54.2 Å². The molecular weight excluding hydrogens is 398 g/mol. The Morgan fingerprint density at radius 2 is 1.84 bits per heavy atom. The molecule has 0 spiro atoms.